The van der Waals surface area contributed by atoms with Gasteiger partial charge in [0.1, 0.15) is 16.7 Å². The molecule has 2 aromatic rings. The Morgan fingerprint density at radius 3 is 2.27 bits per heavy atom. The normalized spacial score (nSPS) is 12.0. The van der Waals surface area contributed by atoms with Crippen molar-refractivity contribution in [1.82, 2.24) is 0 Å². The standard InChI is InChI=1S/C21H23NO3S/c1-16(2)12-13-25-19-8-6-18(7-9-19)14-21(15-22)26(23,24)20-10-4-17(3)5-11-20/h4-11,14,16H,12-13H2,1-3H3. The summed E-state index contributed by atoms with van der Waals surface area (Å²) in [6.07, 6.45) is 2.35. The largest absolute Gasteiger partial charge is 0.494 e. The van der Waals surface area contributed by atoms with Gasteiger partial charge in [0, 0.05) is 0 Å². The molecule has 0 aliphatic heterocycles. The smallest absolute Gasteiger partial charge is 0.216 e. The Morgan fingerprint density at radius 2 is 1.73 bits per heavy atom. The maximum Gasteiger partial charge on any atom is 0.216 e. The van der Waals surface area contributed by atoms with Crippen molar-refractivity contribution >= 4 is 15.9 Å². The SMILES string of the molecule is Cc1ccc(S(=O)(=O)C(C#N)=Cc2ccc(OCCC(C)C)cc2)cc1. The first-order valence-electron chi connectivity index (χ1n) is 8.49. The summed E-state index contributed by atoms with van der Waals surface area (Å²) in [6, 6.07) is 15.3. The fourth-order valence-corrected chi connectivity index (χ4v) is 3.40. The van der Waals surface area contributed by atoms with Crippen LogP contribution in [-0.2, 0) is 9.84 Å². The Labute approximate surface area is 155 Å². The van der Waals surface area contributed by atoms with Crippen molar-refractivity contribution in [3.05, 3.63) is 64.6 Å². The lowest BCUT2D eigenvalue weighted by molar-refractivity contribution is 0.289. The van der Waals surface area contributed by atoms with Crippen molar-refractivity contribution in [2.45, 2.75) is 32.1 Å². The van der Waals surface area contributed by atoms with E-state index in [0.717, 1.165) is 17.7 Å². The zero-order valence-electron chi connectivity index (χ0n) is 15.3. The van der Waals surface area contributed by atoms with E-state index in [-0.39, 0.29) is 9.80 Å². The van der Waals surface area contributed by atoms with Crippen molar-refractivity contribution in [1.29, 1.82) is 5.26 Å². The number of hydrogen-bond donors (Lipinski definition) is 0. The average Bonchev–Trinajstić information content (AvgIpc) is 2.61. The highest BCUT2D eigenvalue weighted by Gasteiger charge is 2.20. The molecule has 0 unspecified atom stereocenters. The average molecular weight is 369 g/mol. The van der Waals surface area contributed by atoms with Crippen molar-refractivity contribution in [2.75, 3.05) is 6.61 Å². The number of benzene rings is 2. The lowest BCUT2D eigenvalue weighted by atomic mass is 10.1. The van der Waals surface area contributed by atoms with Crippen molar-refractivity contribution in [2.24, 2.45) is 5.92 Å². The molecule has 0 heterocycles. The number of allylic oxidation sites excluding steroid dienone is 1. The summed E-state index contributed by atoms with van der Waals surface area (Å²) >= 11 is 0. The van der Waals surface area contributed by atoms with Crippen LogP contribution in [0.1, 0.15) is 31.4 Å². The third-order valence-electron chi connectivity index (χ3n) is 3.87. The zero-order valence-corrected chi connectivity index (χ0v) is 16.1. The molecule has 0 bridgehead atoms. The zero-order chi connectivity index (χ0) is 19.2. The van der Waals surface area contributed by atoms with Gasteiger partial charge in [0.15, 0.2) is 0 Å². The maximum atomic E-state index is 12.6. The van der Waals surface area contributed by atoms with E-state index in [4.69, 9.17) is 4.74 Å². The third kappa shape index (κ3) is 5.21. The van der Waals surface area contributed by atoms with Gasteiger partial charge in [-0.2, -0.15) is 5.26 Å². The second kappa shape index (κ2) is 8.68. The number of nitriles is 1. The molecule has 0 fully saturated rings. The maximum absolute atomic E-state index is 12.6. The van der Waals surface area contributed by atoms with Crippen LogP contribution in [0.5, 0.6) is 5.75 Å². The number of nitrogens with zero attached hydrogens (tertiary/aromatic N) is 1. The summed E-state index contributed by atoms with van der Waals surface area (Å²) in [5.74, 6) is 1.30. The molecule has 0 aromatic heterocycles. The first kappa shape index (κ1) is 19.7. The van der Waals surface area contributed by atoms with Gasteiger partial charge in [-0.1, -0.05) is 43.7 Å². The summed E-state index contributed by atoms with van der Waals surface area (Å²) in [6.45, 7) is 6.78. The van der Waals surface area contributed by atoms with Crippen molar-refractivity contribution < 1.29 is 13.2 Å². The minimum atomic E-state index is -3.83. The summed E-state index contributed by atoms with van der Waals surface area (Å²) in [5.41, 5.74) is 1.59. The predicted octanol–water partition coefficient (Wildman–Crippen LogP) is 4.76. The van der Waals surface area contributed by atoms with Crippen LogP contribution in [0, 0.1) is 24.2 Å². The number of sulfone groups is 1. The Kier molecular flexibility index (Phi) is 6.59. The highest BCUT2D eigenvalue weighted by Crippen LogP contribution is 2.22. The molecule has 0 radical (unpaired) electrons. The molecule has 4 nitrogen and oxygen atoms in total. The van der Waals surface area contributed by atoms with Crippen LogP contribution >= 0.6 is 0 Å². The number of ether oxygens (including phenoxy) is 1. The van der Waals surface area contributed by atoms with E-state index < -0.39 is 9.84 Å². The topological polar surface area (TPSA) is 67.2 Å². The molecule has 0 aliphatic rings. The van der Waals surface area contributed by atoms with E-state index >= 15 is 0 Å². The second-order valence-electron chi connectivity index (χ2n) is 6.54. The molecule has 136 valence electrons. The molecule has 0 saturated heterocycles. The van der Waals surface area contributed by atoms with Gasteiger partial charge in [-0.15, -0.1) is 0 Å². The van der Waals surface area contributed by atoms with Gasteiger partial charge in [0.05, 0.1) is 11.5 Å². The molecule has 0 saturated carbocycles. The molecule has 0 atom stereocenters. The van der Waals surface area contributed by atoms with E-state index in [9.17, 15) is 13.7 Å². The van der Waals surface area contributed by atoms with Gasteiger partial charge >= 0.3 is 0 Å². The van der Waals surface area contributed by atoms with Crippen LogP contribution in [0.2, 0.25) is 0 Å². The Morgan fingerprint density at radius 1 is 1.12 bits per heavy atom. The quantitative estimate of drug-likeness (QED) is 0.660. The molecule has 2 rings (SSSR count). The molecular formula is C21H23NO3S. The monoisotopic (exact) mass is 369 g/mol. The molecular weight excluding hydrogens is 346 g/mol. The van der Waals surface area contributed by atoms with Gasteiger partial charge in [-0.3, -0.25) is 0 Å². The Bertz CT molecular complexity index is 903. The predicted molar refractivity (Wildman–Crippen MR) is 103 cm³/mol. The minimum Gasteiger partial charge on any atom is -0.494 e. The molecule has 0 N–H and O–H groups in total. The van der Waals surface area contributed by atoms with E-state index in [1.807, 2.05) is 13.0 Å². The molecule has 0 aliphatic carbocycles. The molecule has 0 spiro atoms. The third-order valence-corrected chi connectivity index (χ3v) is 5.55. The van der Waals surface area contributed by atoms with E-state index in [0.29, 0.717) is 18.1 Å². The highest BCUT2D eigenvalue weighted by molar-refractivity contribution is 7.95. The van der Waals surface area contributed by atoms with E-state index in [1.165, 1.54) is 18.2 Å². The number of hydrogen-bond acceptors (Lipinski definition) is 4. The molecule has 0 amide bonds. The van der Waals surface area contributed by atoms with Crippen LogP contribution in [0.15, 0.2) is 58.3 Å². The van der Waals surface area contributed by atoms with E-state index in [2.05, 4.69) is 13.8 Å². The van der Waals surface area contributed by atoms with Crippen molar-refractivity contribution in [3.8, 4) is 11.8 Å². The number of rotatable bonds is 7. The fraction of sp³-hybridized carbons (Fsp3) is 0.286. The second-order valence-corrected chi connectivity index (χ2v) is 8.46. The summed E-state index contributed by atoms with van der Waals surface area (Å²) in [5, 5.41) is 9.34. The Balaban J connectivity index is 2.20. The van der Waals surface area contributed by atoms with Crippen LogP contribution in [0.3, 0.4) is 0 Å². The number of aryl methyl sites for hydroxylation is 1. The lowest BCUT2D eigenvalue weighted by Crippen LogP contribution is -2.03. The molecule has 5 heteroatoms. The van der Waals surface area contributed by atoms with Gasteiger partial charge in [0.2, 0.25) is 9.84 Å². The first-order chi connectivity index (χ1) is 12.3. The van der Waals surface area contributed by atoms with Crippen molar-refractivity contribution in [3.63, 3.8) is 0 Å². The van der Waals surface area contributed by atoms with Crippen LogP contribution in [0.25, 0.3) is 6.08 Å². The highest BCUT2D eigenvalue weighted by atomic mass is 32.2. The van der Waals surface area contributed by atoms with Crippen LogP contribution in [0.4, 0.5) is 0 Å². The first-order valence-corrected chi connectivity index (χ1v) is 9.97. The van der Waals surface area contributed by atoms with E-state index in [1.54, 1.807) is 36.4 Å². The van der Waals surface area contributed by atoms with Crippen LogP contribution < -0.4 is 4.74 Å². The summed E-state index contributed by atoms with van der Waals surface area (Å²) in [7, 11) is -3.83. The summed E-state index contributed by atoms with van der Waals surface area (Å²) in [4.78, 5) is -0.167. The summed E-state index contributed by atoms with van der Waals surface area (Å²) < 4.78 is 30.9. The van der Waals surface area contributed by atoms with Gasteiger partial charge in [0.25, 0.3) is 0 Å². The molecule has 26 heavy (non-hydrogen) atoms. The molecule has 2 aromatic carbocycles. The fourth-order valence-electron chi connectivity index (χ4n) is 2.24. The minimum absolute atomic E-state index is 0.115. The van der Waals surface area contributed by atoms with Crippen LogP contribution in [-0.4, -0.2) is 15.0 Å². The lowest BCUT2D eigenvalue weighted by Gasteiger charge is -2.08. The van der Waals surface area contributed by atoms with Gasteiger partial charge < -0.3 is 4.74 Å². The van der Waals surface area contributed by atoms with Gasteiger partial charge in [-0.05, 0) is 55.2 Å². The Hall–Kier alpha value is -2.58. The van der Waals surface area contributed by atoms with Gasteiger partial charge in [-0.25, -0.2) is 8.42 Å².